The Labute approximate surface area is 192 Å². The lowest BCUT2D eigenvalue weighted by molar-refractivity contribution is -0.137. The van der Waals surface area contributed by atoms with Gasteiger partial charge in [-0.15, -0.1) is 0 Å². The second kappa shape index (κ2) is 9.34. The Morgan fingerprint density at radius 1 is 0.969 bits per heavy atom. The normalized spacial score (nSPS) is 19.9. The maximum absolute atomic E-state index is 13.3. The molecule has 166 valence electrons. The SMILES string of the molecule is O=C(C1CCCN(Sc2ccc(O)cc2)C1)N1CCN(c2ncnc3ccccc23)CC1. The van der Waals surface area contributed by atoms with Gasteiger partial charge in [-0.3, -0.25) is 4.79 Å². The first kappa shape index (κ1) is 21.0. The number of piperazine rings is 1. The summed E-state index contributed by atoms with van der Waals surface area (Å²) in [4.78, 5) is 27.5. The number of para-hydroxylation sites is 1. The van der Waals surface area contributed by atoms with E-state index in [1.807, 2.05) is 35.2 Å². The maximum atomic E-state index is 13.3. The number of carbonyl (C=O) groups excluding carboxylic acids is 1. The first-order valence-electron chi connectivity index (χ1n) is 11.1. The number of carbonyl (C=O) groups is 1. The van der Waals surface area contributed by atoms with Crippen molar-refractivity contribution in [2.24, 2.45) is 5.92 Å². The molecular weight excluding hydrogens is 422 g/mol. The number of nitrogens with zero attached hydrogens (tertiary/aromatic N) is 5. The van der Waals surface area contributed by atoms with Crippen LogP contribution in [0.4, 0.5) is 5.82 Å². The summed E-state index contributed by atoms with van der Waals surface area (Å²) in [6.07, 6.45) is 3.59. The van der Waals surface area contributed by atoms with Crippen LogP contribution in [0.2, 0.25) is 0 Å². The summed E-state index contributed by atoms with van der Waals surface area (Å²) >= 11 is 1.67. The number of aromatic hydroxyl groups is 1. The van der Waals surface area contributed by atoms with E-state index >= 15 is 0 Å². The number of phenolic OH excluding ortho intramolecular Hbond substituents is 1. The molecule has 1 unspecified atom stereocenters. The van der Waals surface area contributed by atoms with E-state index in [1.165, 1.54) is 0 Å². The monoisotopic (exact) mass is 449 g/mol. The first-order chi connectivity index (χ1) is 15.7. The minimum atomic E-state index is 0.0415. The molecule has 5 rings (SSSR count). The summed E-state index contributed by atoms with van der Waals surface area (Å²) in [7, 11) is 0. The number of rotatable bonds is 4. The third-order valence-corrected chi connectivity index (χ3v) is 7.29. The van der Waals surface area contributed by atoms with E-state index < -0.39 is 0 Å². The van der Waals surface area contributed by atoms with E-state index in [1.54, 1.807) is 30.4 Å². The number of phenols is 1. The van der Waals surface area contributed by atoms with Crippen molar-refractivity contribution in [2.75, 3.05) is 44.2 Å². The Morgan fingerprint density at radius 3 is 2.56 bits per heavy atom. The first-order valence-corrected chi connectivity index (χ1v) is 11.9. The van der Waals surface area contributed by atoms with Gasteiger partial charge in [-0.05, 0) is 61.2 Å². The van der Waals surface area contributed by atoms with Gasteiger partial charge in [-0.25, -0.2) is 14.3 Å². The molecule has 2 aliphatic rings. The van der Waals surface area contributed by atoms with Crippen molar-refractivity contribution < 1.29 is 9.90 Å². The number of benzene rings is 2. The van der Waals surface area contributed by atoms with E-state index in [0.717, 1.165) is 73.7 Å². The highest BCUT2D eigenvalue weighted by Gasteiger charge is 2.32. The van der Waals surface area contributed by atoms with Crippen LogP contribution in [0.15, 0.2) is 59.8 Å². The van der Waals surface area contributed by atoms with Gasteiger partial charge in [-0.2, -0.15) is 0 Å². The Balaban J connectivity index is 1.19. The average Bonchev–Trinajstić information content (AvgIpc) is 2.85. The van der Waals surface area contributed by atoms with Crippen LogP contribution >= 0.6 is 11.9 Å². The molecule has 3 aromatic rings. The molecule has 1 aromatic heterocycles. The Hall–Kier alpha value is -2.84. The van der Waals surface area contributed by atoms with Gasteiger partial charge in [0.1, 0.15) is 17.9 Å². The lowest BCUT2D eigenvalue weighted by Crippen LogP contribution is -2.52. The fourth-order valence-electron chi connectivity index (χ4n) is 4.52. The maximum Gasteiger partial charge on any atom is 0.227 e. The van der Waals surface area contributed by atoms with Gasteiger partial charge >= 0.3 is 0 Å². The van der Waals surface area contributed by atoms with Crippen molar-refractivity contribution in [1.29, 1.82) is 0 Å². The number of aromatic nitrogens is 2. The number of fused-ring (bicyclic) bond motifs is 1. The van der Waals surface area contributed by atoms with E-state index in [4.69, 9.17) is 0 Å². The molecule has 0 saturated carbocycles. The highest BCUT2D eigenvalue weighted by molar-refractivity contribution is 7.97. The zero-order valence-corrected chi connectivity index (χ0v) is 18.7. The molecule has 2 fully saturated rings. The number of amides is 1. The Bertz CT molecular complexity index is 1080. The van der Waals surface area contributed by atoms with Crippen LogP contribution in [-0.2, 0) is 4.79 Å². The molecule has 1 atom stereocenters. The molecule has 7 nitrogen and oxygen atoms in total. The second-order valence-corrected chi connectivity index (χ2v) is 9.51. The lowest BCUT2D eigenvalue weighted by atomic mass is 9.97. The summed E-state index contributed by atoms with van der Waals surface area (Å²) in [6.45, 7) is 4.75. The molecule has 0 radical (unpaired) electrons. The summed E-state index contributed by atoms with van der Waals surface area (Å²) in [6, 6.07) is 15.3. The molecule has 2 aromatic carbocycles. The van der Waals surface area contributed by atoms with E-state index in [-0.39, 0.29) is 17.6 Å². The predicted molar refractivity (Wildman–Crippen MR) is 127 cm³/mol. The van der Waals surface area contributed by atoms with E-state index in [9.17, 15) is 9.90 Å². The molecule has 1 amide bonds. The molecule has 0 bridgehead atoms. The van der Waals surface area contributed by atoms with E-state index in [2.05, 4.69) is 25.2 Å². The highest BCUT2D eigenvalue weighted by Crippen LogP contribution is 2.30. The van der Waals surface area contributed by atoms with Crippen molar-refractivity contribution in [3.8, 4) is 5.75 Å². The summed E-state index contributed by atoms with van der Waals surface area (Å²) in [5, 5.41) is 10.5. The van der Waals surface area contributed by atoms with Crippen molar-refractivity contribution in [3.05, 3.63) is 54.9 Å². The Morgan fingerprint density at radius 2 is 1.75 bits per heavy atom. The molecule has 2 saturated heterocycles. The Kier molecular flexibility index (Phi) is 6.14. The number of anilines is 1. The molecule has 1 N–H and O–H groups in total. The average molecular weight is 450 g/mol. The van der Waals surface area contributed by atoms with Crippen LogP contribution in [0, 0.1) is 5.92 Å². The zero-order valence-electron chi connectivity index (χ0n) is 17.9. The third kappa shape index (κ3) is 4.52. The van der Waals surface area contributed by atoms with Crippen LogP contribution in [0.25, 0.3) is 10.9 Å². The summed E-state index contributed by atoms with van der Waals surface area (Å²) in [5.74, 6) is 1.54. The largest absolute Gasteiger partial charge is 0.508 e. The minimum absolute atomic E-state index is 0.0415. The quantitative estimate of drug-likeness (QED) is 0.612. The minimum Gasteiger partial charge on any atom is -0.508 e. The van der Waals surface area contributed by atoms with Gasteiger partial charge in [0.15, 0.2) is 0 Å². The van der Waals surface area contributed by atoms with Gasteiger partial charge in [0.05, 0.1) is 11.4 Å². The standard InChI is InChI=1S/C24H27N5O2S/c30-19-7-9-20(10-8-19)32-29-11-3-4-18(16-29)24(31)28-14-12-27(13-15-28)23-21-5-1-2-6-22(21)25-17-26-23/h1-2,5-10,17-18,30H,3-4,11-16H2. The summed E-state index contributed by atoms with van der Waals surface area (Å²) < 4.78 is 2.28. The van der Waals surface area contributed by atoms with Crippen molar-refractivity contribution in [1.82, 2.24) is 19.2 Å². The summed E-state index contributed by atoms with van der Waals surface area (Å²) in [5.41, 5.74) is 0.949. The topological polar surface area (TPSA) is 72.8 Å². The second-order valence-electron chi connectivity index (χ2n) is 8.34. The molecule has 2 aliphatic heterocycles. The van der Waals surface area contributed by atoms with Crippen LogP contribution in [-0.4, -0.2) is 69.5 Å². The van der Waals surface area contributed by atoms with Crippen molar-refractivity contribution in [3.63, 3.8) is 0 Å². The third-order valence-electron chi connectivity index (χ3n) is 6.22. The van der Waals surface area contributed by atoms with Crippen LogP contribution in [0.3, 0.4) is 0 Å². The molecular formula is C24H27N5O2S. The van der Waals surface area contributed by atoms with Crippen LogP contribution < -0.4 is 4.90 Å². The van der Waals surface area contributed by atoms with Gasteiger partial charge in [-0.1, -0.05) is 12.1 Å². The van der Waals surface area contributed by atoms with E-state index in [0.29, 0.717) is 0 Å². The highest BCUT2D eigenvalue weighted by atomic mass is 32.2. The van der Waals surface area contributed by atoms with Gasteiger partial charge in [0, 0.05) is 49.6 Å². The van der Waals surface area contributed by atoms with Gasteiger partial charge < -0.3 is 14.9 Å². The molecule has 32 heavy (non-hydrogen) atoms. The fourth-order valence-corrected chi connectivity index (χ4v) is 5.55. The smallest absolute Gasteiger partial charge is 0.227 e. The van der Waals surface area contributed by atoms with Gasteiger partial charge in [0.2, 0.25) is 5.91 Å². The predicted octanol–water partition coefficient (Wildman–Crippen LogP) is 3.40. The lowest BCUT2D eigenvalue weighted by Gasteiger charge is -2.39. The number of hydrogen-bond donors (Lipinski definition) is 1. The zero-order chi connectivity index (χ0) is 21.9. The molecule has 8 heteroatoms. The molecule has 0 spiro atoms. The van der Waals surface area contributed by atoms with Gasteiger partial charge in [0.25, 0.3) is 0 Å². The van der Waals surface area contributed by atoms with Crippen LogP contribution in [0.1, 0.15) is 12.8 Å². The number of hydrogen-bond acceptors (Lipinski definition) is 7. The van der Waals surface area contributed by atoms with Crippen molar-refractivity contribution >= 4 is 34.6 Å². The molecule has 3 heterocycles. The van der Waals surface area contributed by atoms with Crippen LogP contribution in [0.5, 0.6) is 5.75 Å². The fraction of sp³-hybridized carbons (Fsp3) is 0.375. The van der Waals surface area contributed by atoms with Crippen molar-refractivity contribution in [2.45, 2.75) is 17.7 Å². The molecule has 0 aliphatic carbocycles. The number of piperidine rings is 1.